The van der Waals surface area contributed by atoms with Crippen molar-refractivity contribution in [2.24, 2.45) is 5.41 Å². The molecular weight excluding hydrogens is 508 g/mol. The zero-order chi connectivity index (χ0) is 27.4. The fourth-order valence-electron chi connectivity index (χ4n) is 4.48. The lowest BCUT2D eigenvalue weighted by atomic mass is 9.92. The molecule has 0 unspecified atom stereocenters. The number of hydrogen-bond acceptors (Lipinski definition) is 4. The number of Topliss-reactive ketones (excluding diaryl/α,β-unsaturated/α-hetero) is 2. The van der Waals surface area contributed by atoms with Gasteiger partial charge in [0, 0.05) is 27.8 Å². The van der Waals surface area contributed by atoms with Crippen LogP contribution in [0.15, 0.2) is 93.5 Å². The van der Waals surface area contributed by atoms with Gasteiger partial charge in [-0.2, -0.15) is 0 Å². The summed E-state index contributed by atoms with van der Waals surface area (Å²) in [6.07, 6.45) is 5.41. The van der Waals surface area contributed by atoms with Crippen LogP contribution >= 0.6 is 23.1 Å². The average molecular weight is 540 g/mol. The minimum absolute atomic E-state index is 0.0431. The van der Waals surface area contributed by atoms with E-state index in [9.17, 15) is 14.7 Å². The average Bonchev–Trinajstić information content (AvgIpc) is 3.06. The van der Waals surface area contributed by atoms with Gasteiger partial charge in [0.25, 0.3) is 0 Å². The molecule has 2 aromatic carbocycles. The number of rotatable bonds is 2. The van der Waals surface area contributed by atoms with Crippen LogP contribution in [-0.4, -0.2) is 16.7 Å². The highest BCUT2D eigenvalue weighted by atomic mass is 32.2. The van der Waals surface area contributed by atoms with Gasteiger partial charge in [-0.05, 0) is 57.4 Å². The number of benzene rings is 2. The molecule has 0 bridgehead atoms. The van der Waals surface area contributed by atoms with Crippen molar-refractivity contribution in [1.82, 2.24) is 0 Å². The van der Waals surface area contributed by atoms with E-state index < -0.39 is 11.6 Å². The lowest BCUT2D eigenvalue weighted by Crippen LogP contribution is -2.11. The number of fused-ring (bicyclic) bond motifs is 2. The molecule has 0 radical (unpaired) electrons. The number of hydrogen-bond donors (Lipinski definition) is 1. The molecule has 1 N–H and O–H groups in total. The number of thioether (sulfide) groups is 1. The first-order valence-corrected chi connectivity index (χ1v) is 14.3. The van der Waals surface area contributed by atoms with Crippen molar-refractivity contribution in [2.75, 3.05) is 0 Å². The molecule has 192 valence electrons. The molecule has 38 heavy (non-hydrogen) atoms. The Kier molecular flexibility index (Phi) is 6.57. The third-order valence-electron chi connectivity index (χ3n) is 6.69. The Balaban J connectivity index is 1.68. The highest BCUT2D eigenvalue weighted by molar-refractivity contribution is 8.03. The van der Waals surface area contributed by atoms with Gasteiger partial charge in [0.2, 0.25) is 32.5 Å². The first kappa shape index (κ1) is 26.3. The molecule has 0 spiro atoms. The summed E-state index contributed by atoms with van der Waals surface area (Å²) >= 11 is 3.43. The van der Waals surface area contributed by atoms with E-state index in [4.69, 9.17) is 0 Å². The van der Waals surface area contributed by atoms with Gasteiger partial charge in [0.05, 0.1) is 11.1 Å². The van der Waals surface area contributed by atoms with Crippen LogP contribution in [0.1, 0.15) is 57.5 Å². The van der Waals surface area contributed by atoms with Gasteiger partial charge in [-0.25, -0.2) is 0 Å². The van der Waals surface area contributed by atoms with E-state index in [0.29, 0.717) is 0 Å². The van der Waals surface area contributed by atoms with Crippen LogP contribution in [0, 0.1) is 5.41 Å². The summed E-state index contributed by atoms with van der Waals surface area (Å²) in [5.74, 6) is -1.62. The summed E-state index contributed by atoms with van der Waals surface area (Å²) < 4.78 is 1.09. The SMILES string of the molecule is CC(C)(C)C1=CC(=CC2=C(O)C(=Cc3cc(C(C)(C)C)[s+]c4ccccc34)C(=O)C2=O)c2ccccc2S1. The predicted molar refractivity (Wildman–Crippen MR) is 160 cm³/mol. The van der Waals surface area contributed by atoms with Crippen molar-refractivity contribution in [1.29, 1.82) is 0 Å². The van der Waals surface area contributed by atoms with Gasteiger partial charge in [-0.15, -0.1) is 0 Å². The Morgan fingerprint density at radius 3 is 2.24 bits per heavy atom. The van der Waals surface area contributed by atoms with E-state index in [-0.39, 0.29) is 27.7 Å². The Labute approximate surface area is 232 Å². The summed E-state index contributed by atoms with van der Waals surface area (Å²) in [6, 6.07) is 18.1. The van der Waals surface area contributed by atoms with E-state index in [1.165, 1.54) is 0 Å². The van der Waals surface area contributed by atoms with Crippen molar-refractivity contribution < 1.29 is 14.7 Å². The Morgan fingerprint density at radius 1 is 0.842 bits per heavy atom. The van der Waals surface area contributed by atoms with Crippen molar-refractivity contribution in [2.45, 2.75) is 51.9 Å². The number of ketones is 2. The van der Waals surface area contributed by atoms with Crippen LogP contribution < -0.4 is 0 Å². The first-order valence-electron chi connectivity index (χ1n) is 12.7. The second-order valence-electron chi connectivity index (χ2n) is 11.7. The lowest BCUT2D eigenvalue weighted by Gasteiger charge is -2.27. The topological polar surface area (TPSA) is 54.4 Å². The fraction of sp³-hybridized carbons (Fsp3) is 0.242. The van der Waals surface area contributed by atoms with Gasteiger partial charge in [-0.1, -0.05) is 83.6 Å². The molecule has 5 heteroatoms. The van der Waals surface area contributed by atoms with Crippen LogP contribution in [-0.2, 0) is 15.0 Å². The molecule has 1 aliphatic carbocycles. The van der Waals surface area contributed by atoms with E-state index in [1.54, 1.807) is 35.3 Å². The summed E-state index contributed by atoms with van der Waals surface area (Å²) in [5.41, 5.74) is 2.52. The third-order valence-corrected chi connectivity index (χ3v) is 9.75. The van der Waals surface area contributed by atoms with Crippen LogP contribution in [0.4, 0.5) is 0 Å². The molecule has 0 saturated carbocycles. The molecule has 0 amide bonds. The largest absolute Gasteiger partial charge is 0.506 e. The predicted octanol–water partition coefficient (Wildman–Crippen LogP) is 8.95. The molecule has 1 aromatic heterocycles. The second-order valence-corrected chi connectivity index (χ2v) is 13.9. The maximum absolute atomic E-state index is 13.2. The third kappa shape index (κ3) is 4.81. The number of aliphatic hydroxyl groups is 1. The number of allylic oxidation sites excluding steroid dienone is 6. The molecule has 2 aliphatic rings. The summed E-state index contributed by atoms with van der Waals surface area (Å²) in [4.78, 5) is 29.8. The van der Waals surface area contributed by atoms with Crippen LogP contribution in [0.3, 0.4) is 0 Å². The normalized spacial score (nSPS) is 18.5. The van der Waals surface area contributed by atoms with Gasteiger partial charge in [0.1, 0.15) is 5.76 Å². The Hall–Kier alpha value is -3.28. The molecule has 3 nitrogen and oxygen atoms in total. The van der Waals surface area contributed by atoms with Crippen LogP contribution in [0.2, 0.25) is 0 Å². The van der Waals surface area contributed by atoms with Gasteiger partial charge in [-0.3, -0.25) is 9.59 Å². The Bertz CT molecular complexity index is 1640. The highest BCUT2D eigenvalue weighted by Crippen LogP contribution is 2.47. The van der Waals surface area contributed by atoms with Crippen molar-refractivity contribution in [3.05, 3.63) is 105 Å². The molecule has 2 heterocycles. The monoisotopic (exact) mass is 539 g/mol. The van der Waals surface area contributed by atoms with Gasteiger partial charge < -0.3 is 5.11 Å². The quantitative estimate of drug-likeness (QED) is 0.201. The smallest absolute Gasteiger partial charge is 0.238 e. The van der Waals surface area contributed by atoms with E-state index in [0.717, 1.165) is 41.5 Å². The molecule has 0 fully saturated rings. The summed E-state index contributed by atoms with van der Waals surface area (Å²) in [6.45, 7) is 12.9. The number of aliphatic hydroxyl groups excluding tert-OH is 1. The number of carbonyl (C=O) groups excluding carboxylic acids is 2. The zero-order valence-electron chi connectivity index (χ0n) is 22.5. The number of carbonyl (C=O) groups is 2. The van der Waals surface area contributed by atoms with E-state index in [2.05, 4.69) is 65.8 Å². The molecule has 3 aromatic rings. The first-order chi connectivity index (χ1) is 17.8. The summed E-state index contributed by atoms with van der Waals surface area (Å²) in [7, 11) is 0. The van der Waals surface area contributed by atoms with Crippen LogP contribution in [0.5, 0.6) is 0 Å². The minimum Gasteiger partial charge on any atom is -0.506 e. The minimum atomic E-state index is -0.679. The fourth-order valence-corrected chi connectivity index (χ4v) is 6.83. The standard InChI is InChI=1S/C33H30O3S2/c1-32(2,3)27-17-19(21-11-7-9-13-25(21)37-27)15-23-29(34)24(31(36)30(23)35)16-20-18-28(33(4,5)6)38-26-14-10-8-12-22(20)26/h7-18H,1-6H3/p+1. The maximum Gasteiger partial charge on any atom is 0.238 e. The van der Waals surface area contributed by atoms with Crippen molar-refractivity contribution >= 4 is 56.4 Å². The van der Waals surface area contributed by atoms with Gasteiger partial charge >= 0.3 is 0 Å². The maximum atomic E-state index is 13.2. The molecule has 1 aliphatic heterocycles. The molecule has 5 rings (SSSR count). The highest BCUT2D eigenvalue weighted by Gasteiger charge is 2.37. The van der Waals surface area contributed by atoms with Crippen molar-refractivity contribution in [3.63, 3.8) is 0 Å². The molecule has 0 atom stereocenters. The Morgan fingerprint density at radius 2 is 1.53 bits per heavy atom. The second kappa shape index (κ2) is 9.48. The molecular formula is C33H31O3S2+. The van der Waals surface area contributed by atoms with Crippen LogP contribution in [0.25, 0.3) is 21.7 Å². The van der Waals surface area contributed by atoms with Gasteiger partial charge in [0.15, 0.2) is 0 Å². The van der Waals surface area contributed by atoms with E-state index >= 15 is 0 Å². The lowest BCUT2D eigenvalue weighted by molar-refractivity contribution is -0.131. The molecule has 0 saturated heterocycles. The van der Waals surface area contributed by atoms with Crippen molar-refractivity contribution in [3.8, 4) is 0 Å². The summed E-state index contributed by atoms with van der Waals surface area (Å²) in [5, 5.41) is 12.2. The zero-order valence-corrected chi connectivity index (χ0v) is 24.1. The van der Waals surface area contributed by atoms with E-state index in [1.807, 2.05) is 36.4 Å².